The number of halogens is 1. The number of carbonyl (C=O) groups excluding carboxylic acids is 1. The van der Waals surface area contributed by atoms with Crippen molar-refractivity contribution in [3.63, 3.8) is 0 Å². The summed E-state index contributed by atoms with van der Waals surface area (Å²) in [5, 5.41) is 2.76. The Kier molecular flexibility index (Phi) is 5.36. The van der Waals surface area contributed by atoms with E-state index in [0.29, 0.717) is 22.7 Å². The summed E-state index contributed by atoms with van der Waals surface area (Å²) >= 11 is 0. The number of rotatable bonds is 6. The molecule has 4 nitrogen and oxygen atoms in total. The van der Waals surface area contributed by atoms with Gasteiger partial charge >= 0.3 is 0 Å². The molecule has 0 aliphatic carbocycles. The van der Waals surface area contributed by atoms with Gasteiger partial charge in [-0.1, -0.05) is 6.07 Å². The minimum atomic E-state index is -0.374. The van der Waals surface area contributed by atoms with Gasteiger partial charge in [-0.25, -0.2) is 4.39 Å². The number of ether oxygens (including phenoxy) is 2. The number of benzene rings is 2. The fraction of sp³-hybridized carbons (Fsp3) is 0.167. The van der Waals surface area contributed by atoms with Crippen LogP contribution in [0.15, 0.2) is 48.7 Å². The van der Waals surface area contributed by atoms with E-state index in [4.69, 9.17) is 9.47 Å². The van der Waals surface area contributed by atoms with Crippen LogP contribution in [0.25, 0.3) is 0 Å². The van der Waals surface area contributed by atoms with Crippen molar-refractivity contribution in [1.29, 1.82) is 0 Å². The average Bonchev–Trinajstić information content (AvgIpc) is 2.56. The van der Waals surface area contributed by atoms with E-state index in [1.807, 2.05) is 0 Å². The molecule has 0 spiro atoms. The Morgan fingerprint density at radius 2 is 1.91 bits per heavy atom. The maximum Gasteiger partial charge on any atom is 0.191 e. The number of aryl methyl sites for hydroxylation is 1. The van der Waals surface area contributed by atoms with Crippen LogP contribution >= 0.6 is 0 Å². The molecular formula is C18H18FNO3. The lowest BCUT2D eigenvalue weighted by Gasteiger charge is -2.08. The van der Waals surface area contributed by atoms with Crippen molar-refractivity contribution in [3.05, 3.63) is 65.6 Å². The normalized spacial score (nSPS) is 10.6. The van der Waals surface area contributed by atoms with Crippen LogP contribution in [0, 0.1) is 12.7 Å². The summed E-state index contributed by atoms with van der Waals surface area (Å²) in [7, 11) is 3.01. The number of hydrogen-bond donors (Lipinski definition) is 1. The zero-order valence-corrected chi connectivity index (χ0v) is 13.2. The van der Waals surface area contributed by atoms with Crippen LogP contribution in [-0.2, 0) is 0 Å². The van der Waals surface area contributed by atoms with E-state index in [1.54, 1.807) is 37.3 Å². The molecule has 0 bridgehead atoms. The van der Waals surface area contributed by atoms with E-state index in [9.17, 15) is 9.18 Å². The Bertz CT molecular complexity index is 741. The van der Waals surface area contributed by atoms with E-state index >= 15 is 0 Å². The summed E-state index contributed by atoms with van der Waals surface area (Å²) in [6.07, 6.45) is 2.71. The molecule has 0 amide bonds. The third kappa shape index (κ3) is 4.10. The van der Waals surface area contributed by atoms with Gasteiger partial charge in [-0.15, -0.1) is 0 Å². The SMILES string of the molecule is COc1ccc(OC)c(C(=O)C=CNc2ccc(C)cc2F)c1. The van der Waals surface area contributed by atoms with Crippen LogP contribution in [-0.4, -0.2) is 20.0 Å². The molecule has 0 unspecified atom stereocenters. The number of hydrogen-bond acceptors (Lipinski definition) is 4. The average molecular weight is 315 g/mol. The lowest BCUT2D eigenvalue weighted by Crippen LogP contribution is -2.01. The molecule has 1 N–H and O–H groups in total. The minimum Gasteiger partial charge on any atom is -0.497 e. The number of methoxy groups -OCH3 is 2. The number of ketones is 1. The first-order chi connectivity index (χ1) is 11.0. The van der Waals surface area contributed by atoms with Crippen molar-refractivity contribution in [2.24, 2.45) is 0 Å². The molecule has 0 aliphatic rings. The summed E-state index contributed by atoms with van der Waals surface area (Å²) in [5.74, 6) is 0.351. The van der Waals surface area contributed by atoms with Crippen molar-refractivity contribution in [2.75, 3.05) is 19.5 Å². The fourth-order valence-corrected chi connectivity index (χ4v) is 2.04. The summed E-state index contributed by atoms with van der Waals surface area (Å²) < 4.78 is 24.0. The number of carbonyl (C=O) groups is 1. The molecule has 2 rings (SSSR count). The number of anilines is 1. The first-order valence-corrected chi connectivity index (χ1v) is 7.00. The summed E-state index contributed by atoms with van der Waals surface area (Å²) in [5.41, 5.74) is 1.50. The van der Waals surface area contributed by atoms with Crippen LogP contribution in [0.2, 0.25) is 0 Å². The lowest BCUT2D eigenvalue weighted by atomic mass is 10.1. The molecule has 0 aromatic heterocycles. The maximum atomic E-state index is 13.7. The molecule has 120 valence electrons. The summed E-state index contributed by atoms with van der Waals surface area (Å²) in [4.78, 5) is 12.3. The molecule has 0 fully saturated rings. The first-order valence-electron chi connectivity index (χ1n) is 7.00. The smallest absolute Gasteiger partial charge is 0.191 e. The zero-order chi connectivity index (χ0) is 16.8. The number of allylic oxidation sites excluding steroid dienone is 1. The first kappa shape index (κ1) is 16.5. The predicted molar refractivity (Wildman–Crippen MR) is 87.8 cm³/mol. The second-order valence-corrected chi connectivity index (χ2v) is 4.89. The highest BCUT2D eigenvalue weighted by atomic mass is 19.1. The van der Waals surface area contributed by atoms with Crippen LogP contribution in [0.4, 0.5) is 10.1 Å². The topological polar surface area (TPSA) is 47.6 Å². The molecule has 0 saturated heterocycles. The van der Waals surface area contributed by atoms with Crippen molar-refractivity contribution in [1.82, 2.24) is 0 Å². The predicted octanol–water partition coefficient (Wildman–Crippen LogP) is 3.96. The lowest BCUT2D eigenvalue weighted by molar-refractivity contribution is 0.104. The zero-order valence-electron chi connectivity index (χ0n) is 13.2. The Morgan fingerprint density at radius 1 is 1.13 bits per heavy atom. The third-order valence-electron chi connectivity index (χ3n) is 3.27. The minimum absolute atomic E-state index is 0.277. The standard InChI is InChI=1S/C18H18FNO3/c1-12-4-6-16(15(19)10-12)20-9-8-17(21)14-11-13(22-2)5-7-18(14)23-3/h4-11,20H,1-3H3. The van der Waals surface area contributed by atoms with Gasteiger partial charge < -0.3 is 14.8 Å². The van der Waals surface area contributed by atoms with Crippen molar-refractivity contribution in [3.8, 4) is 11.5 Å². The van der Waals surface area contributed by atoms with Gasteiger partial charge in [0.05, 0.1) is 25.5 Å². The van der Waals surface area contributed by atoms with E-state index < -0.39 is 0 Å². The maximum absolute atomic E-state index is 13.7. The van der Waals surface area contributed by atoms with Crippen LogP contribution in [0.1, 0.15) is 15.9 Å². The molecule has 23 heavy (non-hydrogen) atoms. The molecule has 2 aromatic carbocycles. The van der Waals surface area contributed by atoms with Crippen molar-refractivity contribution in [2.45, 2.75) is 6.92 Å². The van der Waals surface area contributed by atoms with Gasteiger partial charge in [0.15, 0.2) is 5.78 Å². The third-order valence-corrected chi connectivity index (χ3v) is 3.27. The second-order valence-electron chi connectivity index (χ2n) is 4.89. The quantitative estimate of drug-likeness (QED) is 0.647. The highest BCUT2D eigenvalue weighted by Crippen LogP contribution is 2.24. The Balaban J connectivity index is 2.15. The molecule has 2 aromatic rings. The second kappa shape index (κ2) is 7.45. The van der Waals surface area contributed by atoms with Crippen LogP contribution < -0.4 is 14.8 Å². The molecule has 0 atom stereocenters. The Hall–Kier alpha value is -2.82. The molecule has 0 radical (unpaired) electrons. The molecule has 5 heteroatoms. The number of nitrogens with one attached hydrogen (secondary N) is 1. The van der Waals surface area contributed by atoms with E-state index in [-0.39, 0.29) is 11.6 Å². The van der Waals surface area contributed by atoms with Crippen molar-refractivity contribution >= 4 is 11.5 Å². The van der Waals surface area contributed by atoms with E-state index in [2.05, 4.69) is 5.32 Å². The Labute approximate surface area is 134 Å². The van der Waals surface area contributed by atoms with Gasteiger partial charge in [-0.2, -0.15) is 0 Å². The summed E-state index contributed by atoms with van der Waals surface area (Å²) in [6, 6.07) is 9.78. The fourth-order valence-electron chi connectivity index (χ4n) is 2.04. The van der Waals surface area contributed by atoms with Gasteiger partial charge in [0.2, 0.25) is 0 Å². The van der Waals surface area contributed by atoms with E-state index in [0.717, 1.165) is 5.56 Å². The highest BCUT2D eigenvalue weighted by Gasteiger charge is 2.11. The molecular weight excluding hydrogens is 297 g/mol. The van der Waals surface area contributed by atoms with Crippen LogP contribution in [0.3, 0.4) is 0 Å². The highest BCUT2D eigenvalue weighted by molar-refractivity contribution is 6.06. The van der Waals surface area contributed by atoms with Gasteiger partial charge in [-0.05, 0) is 42.8 Å². The molecule has 0 saturated carbocycles. The molecule has 0 aliphatic heterocycles. The monoisotopic (exact) mass is 315 g/mol. The van der Waals surface area contributed by atoms with Gasteiger partial charge in [0.1, 0.15) is 17.3 Å². The summed E-state index contributed by atoms with van der Waals surface area (Å²) in [6.45, 7) is 1.81. The van der Waals surface area contributed by atoms with Crippen LogP contribution in [0.5, 0.6) is 11.5 Å². The van der Waals surface area contributed by atoms with Gasteiger partial charge in [0, 0.05) is 12.3 Å². The van der Waals surface area contributed by atoms with E-state index in [1.165, 1.54) is 32.6 Å². The van der Waals surface area contributed by atoms with Gasteiger partial charge in [0.25, 0.3) is 0 Å². The largest absolute Gasteiger partial charge is 0.497 e. The van der Waals surface area contributed by atoms with Gasteiger partial charge in [-0.3, -0.25) is 4.79 Å². The Morgan fingerprint density at radius 3 is 2.57 bits per heavy atom. The van der Waals surface area contributed by atoms with Crippen molar-refractivity contribution < 1.29 is 18.7 Å². The molecule has 0 heterocycles.